The Bertz CT molecular complexity index is 1890. The standard InChI is InChI=1S/C26H16ClF3N4O4S/c1-25(21(35)32-23(36)38-25)14-4-2-3-13(9-14)12-33-19-10-15(26(28,29)30)5-8-18(19)34(24(33)37)22-31-17-7-6-16(27)11-20(17)39-22/h2-11H,12H2,1H3,(H,32,35,36)/t25-/m1/s1. The summed E-state index contributed by atoms with van der Waals surface area (Å²) in [5.41, 5.74) is -1.37. The molecule has 1 aliphatic rings. The van der Waals surface area contributed by atoms with Gasteiger partial charge in [-0.05, 0) is 55.0 Å². The van der Waals surface area contributed by atoms with Crippen LogP contribution in [-0.4, -0.2) is 26.1 Å². The minimum Gasteiger partial charge on any atom is -0.428 e. The predicted octanol–water partition coefficient (Wildman–Crippen LogP) is 5.60. The Labute approximate surface area is 226 Å². The number of nitrogens with one attached hydrogen (secondary N) is 1. The Morgan fingerprint density at radius 3 is 2.56 bits per heavy atom. The van der Waals surface area contributed by atoms with Gasteiger partial charge in [0.2, 0.25) is 5.60 Å². The molecule has 1 fully saturated rings. The van der Waals surface area contributed by atoms with Crippen LogP contribution in [0.3, 0.4) is 0 Å². The van der Waals surface area contributed by atoms with Crippen molar-refractivity contribution in [3.05, 3.63) is 92.9 Å². The molecule has 0 bridgehead atoms. The summed E-state index contributed by atoms with van der Waals surface area (Å²) in [6.45, 7) is 1.30. The third-order valence-electron chi connectivity index (χ3n) is 6.55. The van der Waals surface area contributed by atoms with Gasteiger partial charge in [-0.2, -0.15) is 13.2 Å². The number of amides is 2. The first-order chi connectivity index (χ1) is 18.4. The van der Waals surface area contributed by atoms with Crippen LogP contribution in [-0.2, 0) is 27.9 Å². The molecule has 39 heavy (non-hydrogen) atoms. The van der Waals surface area contributed by atoms with Crippen LogP contribution in [0.1, 0.15) is 23.6 Å². The molecule has 0 unspecified atom stereocenters. The molecule has 1 saturated heterocycles. The van der Waals surface area contributed by atoms with Crippen LogP contribution in [0.2, 0.25) is 5.02 Å². The summed E-state index contributed by atoms with van der Waals surface area (Å²) >= 11 is 7.27. The van der Waals surface area contributed by atoms with E-state index in [9.17, 15) is 27.6 Å². The van der Waals surface area contributed by atoms with Crippen LogP contribution in [0, 0.1) is 0 Å². The summed E-state index contributed by atoms with van der Waals surface area (Å²) < 4.78 is 49.2. The van der Waals surface area contributed by atoms with E-state index in [2.05, 4.69) is 10.3 Å². The van der Waals surface area contributed by atoms with E-state index in [1.54, 1.807) is 42.5 Å². The number of imidazole rings is 1. The molecular formula is C26H16ClF3N4O4S. The second-order valence-electron chi connectivity index (χ2n) is 9.09. The van der Waals surface area contributed by atoms with Gasteiger partial charge in [0, 0.05) is 10.6 Å². The van der Waals surface area contributed by atoms with Crippen molar-refractivity contribution in [3.8, 4) is 5.13 Å². The Morgan fingerprint density at radius 1 is 1.05 bits per heavy atom. The Hall–Kier alpha value is -4.16. The zero-order valence-corrected chi connectivity index (χ0v) is 21.4. The largest absolute Gasteiger partial charge is 0.428 e. The number of thiazole rings is 1. The number of benzene rings is 3. The minimum atomic E-state index is -4.63. The van der Waals surface area contributed by atoms with Crippen LogP contribution in [0.4, 0.5) is 18.0 Å². The smallest absolute Gasteiger partial charge is 0.416 e. The van der Waals surface area contributed by atoms with Crippen LogP contribution >= 0.6 is 22.9 Å². The van der Waals surface area contributed by atoms with Crippen LogP contribution in [0.15, 0.2) is 65.5 Å². The lowest BCUT2D eigenvalue weighted by atomic mass is 9.94. The molecule has 198 valence electrons. The third kappa shape index (κ3) is 4.16. The molecule has 0 aliphatic carbocycles. The van der Waals surface area contributed by atoms with Crippen LogP contribution in [0.5, 0.6) is 0 Å². The van der Waals surface area contributed by atoms with Gasteiger partial charge in [0.1, 0.15) is 0 Å². The maximum Gasteiger partial charge on any atom is 0.416 e. The summed E-state index contributed by atoms with van der Waals surface area (Å²) in [4.78, 5) is 42.3. The predicted molar refractivity (Wildman–Crippen MR) is 138 cm³/mol. The molecular weight excluding hydrogens is 557 g/mol. The van der Waals surface area contributed by atoms with E-state index in [1.165, 1.54) is 33.5 Å². The molecule has 1 N–H and O–H groups in total. The summed E-state index contributed by atoms with van der Waals surface area (Å²) in [6.07, 6.45) is -5.51. The number of aromatic nitrogens is 3. The van der Waals surface area contributed by atoms with E-state index in [-0.39, 0.29) is 22.7 Å². The SMILES string of the molecule is C[C@]1(c2cccc(Cn3c(=O)n(-c4nc5ccc(Cl)cc5s4)c4ccc(C(F)(F)F)cc43)c2)OC(=O)NC1=O. The number of ether oxygens (including phenoxy) is 1. The number of carbonyl (C=O) groups is 2. The molecule has 3 heterocycles. The van der Waals surface area contributed by atoms with Gasteiger partial charge in [0.25, 0.3) is 5.91 Å². The normalized spacial score (nSPS) is 17.7. The zero-order valence-electron chi connectivity index (χ0n) is 19.9. The van der Waals surface area contributed by atoms with Gasteiger partial charge >= 0.3 is 18.0 Å². The van der Waals surface area contributed by atoms with Crippen molar-refractivity contribution in [2.75, 3.05) is 0 Å². The Kier molecular flexibility index (Phi) is 5.59. The van der Waals surface area contributed by atoms with Crippen LogP contribution in [0.25, 0.3) is 26.4 Å². The monoisotopic (exact) mass is 572 g/mol. The Morgan fingerprint density at radius 2 is 1.85 bits per heavy atom. The first kappa shape index (κ1) is 25.1. The number of cyclic esters (lactones) is 1. The molecule has 6 rings (SSSR count). The number of nitrogens with zero attached hydrogens (tertiary/aromatic N) is 3. The maximum absolute atomic E-state index is 13.7. The highest BCUT2D eigenvalue weighted by Gasteiger charge is 2.46. The van der Waals surface area contributed by atoms with E-state index in [1.807, 2.05) is 0 Å². The highest BCUT2D eigenvalue weighted by molar-refractivity contribution is 7.20. The quantitative estimate of drug-likeness (QED) is 0.302. The lowest BCUT2D eigenvalue weighted by Gasteiger charge is -2.20. The summed E-state index contributed by atoms with van der Waals surface area (Å²) in [5.74, 6) is -0.649. The second-order valence-corrected chi connectivity index (χ2v) is 10.5. The van der Waals surface area contributed by atoms with E-state index >= 15 is 0 Å². The number of carbonyl (C=O) groups excluding carboxylic acids is 2. The van der Waals surface area contributed by atoms with Gasteiger partial charge in [-0.15, -0.1) is 0 Å². The summed E-state index contributed by atoms with van der Waals surface area (Å²) in [5, 5.41) is 2.84. The number of alkyl halides is 3. The number of imide groups is 1. The first-order valence-electron chi connectivity index (χ1n) is 11.5. The van der Waals surface area contributed by atoms with Crippen molar-refractivity contribution < 1.29 is 27.5 Å². The highest BCUT2D eigenvalue weighted by atomic mass is 35.5. The van der Waals surface area contributed by atoms with Crippen molar-refractivity contribution in [1.29, 1.82) is 0 Å². The number of halogens is 4. The minimum absolute atomic E-state index is 0.0498. The lowest BCUT2D eigenvalue weighted by molar-refractivity contribution is -0.137. The molecule has 2 aromatic heterocycles. The van der Waals surface area contributed by atoms with Crippen molar-refractivity contribution >= 4 is 56.2 Å². The van der Waals surface area contributed by atoms with E-state index in [0.29, 0.717) is 26.4 Å². The third-order valence-corrected chi connectivity index (χ3v) is 7.79. The second kappa shape index (κ2) is 8.68. The van der Waals surface area contributed by atoms with Crippen molar-refractivity contribution in [1.82, 2.24) is 19.4 Å². The summed E-state index contributed by atoms with van der Waals surface area (Å²) in [7, 11) is 0. The maximum atomic E-state index is 13.7. The molecule has 1 aliphatic heterocycles. The number of hydrogen-bond donors (Lipinski definition) is 1. The fourth-order valence-corrected chi connectivity index (χ4v) is 5.81. The van der Waals surface area contributed by atoms with E-state index in [0.717, 1.165) is 12.1 Å². The van der Waals surface area contributed by atoms with Gasteiger partial charge in [0.05, 0.1) is 33.4 Å². The number of alkyl carbamates (subject to hydrolysis) is 1. The molecule has 0 spiro atoms. The number of rotatable bonds is 4. The van der Waals surface area contributed by atoms with Gasteiger partial charge < -0.3 is 4.74 Å². The van der Waals surface area contributed by atoms with E-state index in [4.69, 9.17) is 16.3 Å². The van der Waals surface area contributed by atoms with Crippen LogP contribution < -0.4 is 11.0 Å². The van der Waals surface area contributed by atoms with Gasteiger partial charge in [0.15, 0.2) is 5.13 Å². The fourth-order valence-electron chi connectivity index (χ4n) is 4.56. The van der Waals surface area contributed by atoms with Gasteiger partial charge in [-0.1, -0.05) is 41.1 Å². The molecule has 2 amide bonds. The average molecular weight is 573 g/mol. The zero-order chi connectivity index (χ0) is 27.7. The first-order valence-corrected chi connectivity index (χ1v) is 12.7. The number of hydrogen-bond acceptors (Lipinski definition) is 6. The van der Waals surface area contributed by atoms with Crippen molar-refractivity contribution in [2.24, 2.45) is 0 Å². The molecule has 1 atom stereocenters. The van der Waals surface area contributed by atoms with E-state index < -0.39 is 35.0 Å². The lowest BCUT2D eigenvalue weighted by Crippen LogP contribution is -2.33. The molecule has 0 radical (unpaired) electrons. The van der Waals surface area contributed by atoms with Crippen molar-refractivity contribution in [2.45, 2.75) is 25.2 Å². The highest BCUT2D eigenvalue weighted by Crippen LogP contribution is 2.34. The molecule has 0 saturated carbocycles. The molecule has 5 aromatic rings. The van der Waals surface area contributed by atoms with Gasteiger partial charge in [-0.25, -0.2) is 19.1 Å². The summed E-state index contributed by atoms with van der Waals surface area (Å²) in [6, 6.07) is 14.6. The van der Waals surface area contributed by atoms with Crippen molar-refractivity contribution in [3.63, 3.8) is 0 Å². The molecule has 13 heteroatoms. The average Bonchev–Trinajstić information content (AvgIpc) is 3.49. The Balaban J connectivity index is 1.52. The molecule has 8 nitrogen and oxygen atoms in total. The topological polar surface area (TPSA) is 95.2 Å². The molecule has 3 aromatic carbocycles. The fraction of sp³-hybridized carbons (Fsp3) is 0.154. The number of fused-ring (bicyclic) bond motifs is 2. The van der Waals surface area contributed by atoms with Gasteiger partial charge in [-0.3, -0.25) is 14.7 Å².